The van der Waals surface area contributed by atoms with Gasteiger partial charge in [0.25, 0.3) is 5.56 Å². The van der Waals surface area contributed by atoms with Crippen molar-refractivity contribution >= 4 is 0 Å². The van der Waals surface area contributed by atoms with E-state index >= 15 is 0 Å². The van der Waals surface area contributed by atoms with E-state index in [1.807, 2.05) is 0 Å². The van der Waals surface area contributed by atoms with E-state index in [0.29, 0.717) is 19.3 Å². The Morgan fingerprint density at radius 1 is 1.06 bits per heavy atom. The zero-order valence-electron chi connectivity index (χ0n) is 11.4. The highest BCUT2D eigenvalue weighted by Gasteiger charge is 2.14. The Kier molecular flexibility index (Phi) is 5.34. The largest absolute Gasteiger partial charge is 0.396 e. The third-order valence-electron chi connectivity index (χ3n) is 3.24. The molecule has 0 unspecified atom stereocenters. The Hall–Kier alpha value is -1.36. The van der Waals surface area contributed by atoms with Gasteiger partial charge in [0.15, 0.2) is 0 Å². The molecular formula is C13H22N2O3. The lowest BCUT2D eigenvalue weighted by atomic mass is 10.0. The molecule has 0 saturated carbocycles. The minimum Gasteiger partial charge on any atom is -0.396 e. The van der Waals surface area contributed by atoms with Gasteiger partial charge in [-0.2, -0.15) is 0 Å². The molecule has 1 heterocycles. The molecule has 5 heteroatoms. The van der Waals surface area contributed by atoms with Gasteiger partial charge in [0.2, 0.25) is 0 Å². The zero-order chi connectivity index (χ0) is 13.7. The van der Waals surface area contributed by atoms with E-state index in [0.717, 1.165) is 28.7 Å². The number of hydrogen-bond donors (Lipinski definition) is 1. The molecule has 0 bridgehead atoms. The average molecular weight is 254 g/mol. The van der Waals surface area contributed by atoms with Crippen LogP contribution in [-0.4, -0.2) is 20.8 Å². The van der Waals surface area contributed by atoms with Crippen LogP contribution in [0.2, 0.25) is 0 Å². The SMILES string of the molecule is CCCCc1c(CCCO)n(C)c(=O)n(C)c1=O. The maximum absolute atomic E-state index is 12.1. The van der Waals surface area contributed by atoms with Gasteiger partial charge in [-0.05, 0) is 25.7 Å². The molecule has 1 N–H and O–H groups in total. The topological polar surface area (TPSA) is 64.2 Å². The molecule has 0 spiro atoms. The molecule has 0 amide bonds. The van der Waals surface area contributed by atoms with Gasteiger partial charge in [-0.25, -0.2) is 4.79 Å². The Morgan fingerprint density at radius 3 is 2.28 bits per heavy atom. The van der Waals surface area contributed by atoms with Crippen molar-refractivity contribution in [2.75, 3.05) is 6.61 Å². The lowest BCUT2D eigenvalue weighted by Gasteiger charge is -2.14. The molecule has 0 radical (unpaired) electrons. The summed E-state index contributed by atoms with van der Waals surface area (Å²) in [6, 6.07) is 0. The fourth-order valence-corrected chi connectivity index (χ4v) is 2.13. The summed E-state index contributed by atoms with van der Waals surface area (Å²) in [5.74, 6) is 0. The molecule has 102 valence electrons. The van der Waals surface area contributed by atoms with Gasteiger partial charge in [-0.1, -0.05) is 13.3 Å². The molecule has 1 aromatic rings. The quantitative estimate of drug-likeness (QED) is 0.797. The van der Waals surface area contributed by atoms with E-state index in [2.05, 4.69) is 6.92 Å². The van der Waals surface area contributed by atoms with E-state index in [4.69, 9.17) is 5.11 Å². The van der Waals surface area contributed by atoms with Crippen molar-refractivity contribution in [1.82, 2.24) is 9.13 Å². The summed E-state index contributed by atoms with van der Waals surface area (Å²) in [5, 5.41) is 8.91. The summed E-state index contributed by atoms with van der Waals surface area (Å²) in [5.41, 5.74) is 0.994. The third kappa shape index (κ3) is 2.90. The summed E-state index contributed by atoms with van der Waals surface area (Å²) >= 11 is 0. The first-order chi connectivity index (χ1) is 8.54. The van der Waals surface area contributed by atoms with Crippen LogP contribution >= 0.6 is 0 Å². The molecule has 0 atom stereocenters. The fourth-order valence-electron chi connectivity index (χ4n) is 2.13. The highest BCUT2D eigenvalue weighted by molar-refractivity contribution is 5.19. The Bertz CT molecular complexity index is 514. The Balaban J connectivity index is 3.34. The van der Waals surface area contributed by atoms with Crippen molar-refractivity contribution in [2.24, 2.45) is 14.1 Å². The van der Waals surface area contributed by atoms with E-state index in [1.54, 1.807) is 7.05 Å². The van der Waals surface area contributed by atoms with Gasteiger partial charge < -0.3 is 9.67 Å². The van der Waals surface area contributed by atoms with E-state index in [1.165, 1.54) is 11.6 Å². The first-order valence-corrected chi connectivity index (χ1v) is 6.43. The van der Waals surface area contributed by atoms with Crippen molar-refractivity contribution in [3.05, 3.63) is 32.1 Å². The number of rotatable bonds is 6. The molecule has 0 aliphatic heterocycles. The molecule has 18 heavy (non-hydrogen) atoms. The monoisotopic (exact) mass is 254 g/mol. The third-order valence-corrected chi connectivity index (χ3v) is 3.24. The lowest BCUT2D eigenvalue weighted by molar-refractivity contribution is 0.287. The number of aliphatic hydroxyl groups excluding tert-OH is 1. The van der Waals surface area contributed by atoms with E-state index < -0.39 is 0 Å². The van der Waals surface area contributed by atoms with Crippen LogP contribution in [-0.2, 0) is 26.9 Å². The maximum Gasteiger partial charge on any atom is 0.330 e. The highest BCUT2D eigenvalue weighted by atomic mass is 16.3. The predicted octanol–water partition coefficient (Wildman–Crippen LogP) is 0.352. The molecule has 0 saturated heterocycles. The fraction of sp³-hybridized carbons (Fsp3) is 0.692. The van der Waals surface area contributed by atoms with Gasteiger partial charge in [0, 0.05) is 32.0 Å². The summed E-state index contributed by atoms with van der Waals surface area (Å²) in [6.07, 6.45) is 3.76. The molecular weight excluding hydrogens is 232 g/mol. The zero-order valence-corrected chi connectivity index (χ0v) is 11.4. The second-order valence-electron chi connectivity index (χ2n) is 4.56. The summed E-state index contributed by atoms with van der Waals surface area (Å²) in [4.78, 5) is 24.0. The van der Waals surface area contributed by atoms with Crippen LogP contribution in [0.5, 0.6) is 0 Å². The molecule has 0 aromatic carbocycles. The van der Waals surface area contributed by atoms with Gasteiger partial charge in [0.1, 0.15) is 0 Å². The standard InChI is InChI=1S/C13H22N2O3/c1-4-5-7-10-11(8-6-9-16)14(2)13(18)15(3)12(10)17/h16H,4-9H2,1-3H3. The van der Waals surface area contributed by atoms with Gasteiger partial charge in [-0.3, -0.25) is 9.36 Å². The Morgan fingerprint density at radius 2 is 1.72 bits per heavy atom. The normalized spacial score (nSPS) is 10.9. The first-order valence-electron chi connectivity index (χ1n) is 6.43. The van der Waals surface area contributed by atoms with Crippen molar-refractivity contribution < 1.29 is 5.11 Å². The van der Waals surface area contributed by atoms with Gasteiger partial charge in [0.05, 0.1) is 0 Å². The maximum atomic E-state index is 12.1. The highest BCUT2D eigenvalue weighted by Crippen LogP contribution is 2.08. The van der Waals surface area contributed by atoms with Gasteiger partial charge in [-0.15, -0.1) is 0 Å². The van der Waals surface area contributed by atoms with Crippen molar-refractivity contribution in [3.63, 3.8) is 0 Å². The number of aromatic nitrogens is 2. The summed E-state index contributed by atoms with van der Waals surface area (Å²) < 4.78 is 2.69. The molecule has 0 fully saturated rings. The van der Waals surface area contributed by atoms with Crippen LogP contribution in [0.1, 0.15) is 37.4 Å². The van der Waals surface area contributed by atoms with Crippen LogP contribution in [0, 0.1) is 0 Å². The average Bonchev–Trinajstić information content (AvgIpc) is 2.38. The van der Waals surface area contributed by atoms with Crippen LogP contribution in [0.3, 0.4) is 0 Å². The molecule has 1 rings (SSSR count). The predicted molar refractivity (Wildman–Crippen MR) is 70.9 cm³/mol. The molecule has 5 nitrogen and oxygen atoms in total. The van der Waals surface area contributed by atoms with Gasteiger partial charge >= 0.3 is 5.69 Å². The number of hydrogen-bond acceptors (Lipinski definition) is 3. The second kappa shape index (κ2) is 6.54. The smallest absolute Gasteiger partial charge is 0.330 e. The Labute approximate surface area is 107 Å². The minimum atomic E-state index is -0.298. The van der Waals surface area contributed by atoms with Crippen molar-refractivity contribution in [2.45, 2.75) is 39.0 Å². The van der Waals surface area contributed by atoms with Crippen molar-refractivity contribution in [1.29, 1.82) is 0 Å². The number of aliphatic hydroxyl groups is 1. The van der Waals surface area contributed by atoms with E-state index in [9.17, 15) is 9.59 Å². The van der Waals surface area contributed by atoms with Crippen LogP contribution < -0.4 is 11.2 Å². The van der Waals surface area contributed by atoms with Crippen molar-refractivity contribution in [3.8, 4) is 0 Å². The lowest BCUT2D eigenvalue weighted by Crippen LogP contribution is -2.41. The minimum absolute atomic E-state index is 0.0661. The molecule has 0 aliphatic carbocycles. The molecule has 1 aromatic heterocycles. The second-order valence-corrected chi connectivity index (χ2v) is 4.56. The number of nitrogens with zero attached hydrogens (tertiary/aromatic N) is 2. The molecule has 0 aliphatic rings. The van der Waals surface area contributed by atoms with Crippen LogP contribution in [0.15, 0.2) is 9.59 Å². The summed E-state index contributed by atoms with van der Waals surface area (Å²) in [7, 11) is 3.19. The summed E-state index contributed by atoms with van der Waals surface area (Å²) in [6.45, 7) is 2.14. The van der Waals surface area contributed by atoms with Crippen LogP contribution in [0.4, 0.5) is 0 Å². The number of unbranched alkanes of at least 4 members (excludes halogenated alkanes) is 1. The van der Waals surface area contributed by atoms with E-state index in [-0.39, 0.29) is 17.9 Å². The van der Waals surface area contributed by atoms with Crippen LogP contribution in [0.25, 0.3) is 0 Å². The first kappa shape index (κ1) is 14.7.